The minimum Gasteiger partial charge on any atom is -0.265 e. The molecule has 72 valence electrons. The molecule has 1 aromatic rings. The van der Waals surface area contributed by atoms with E-state index in [4.69, 9.17) is 4.18 Å². The van der Waals surface area contributed by atoms with Crippen LogP contribution in [0.15, 0.2) is 24.5 Å². The van der Waals surface area contributed by atoms with Crippen molar-refractivity contribution in [3.8, 4) is 0 Å². The average molecular weight is 201 g/mol. The molecule has 1 heterocycles. The molecule has 0 N–H and O–H groups in total. The molecule has 0 unspecified atom stereocenters. The van der Waals surface area contributed by atoms with Crippen molar-refractivity contribution >= 4 is 10.1 Å². The Labute approximate surface area is 77.7 Å². The predicted octanol–water partition coefficient (Wildman–Crippen LogP) is 1.12. The van der Waals surface area contributed by atoms with Crippen LogP contribution in [0.3, 0.4) is 0 Å². The van der Waals surface area contributed by atoms with E-state index in [0.29, 0.717) is 0 Å². The molecular formula is C8H11NO3S. The Balaban J connectivity index is 2.76. The Bertz CT molecular complexity index is 360. The normalized spacial score (nSPS) is 14.0. The largest absolute Gasteiger partial charge is 0.265 e. The van der Waals surface area contributed by atoms with Gasteiger partial charge in [0.2, 0.25) is 0 Å². The van der Waals surface area contributed by atoms with Crippen LogP contribution in [0.4, 0.5) is 0 Å². The zero-order valence-electron chi connectivity index (χ0n) is 7.47. The van der Waals surface area contributed by atoms with Gasteiger partial charge < -0.3 is 0 Å². The maximum Gasteiger partial charge on any atom is 0.264 e. The van der Waals surface area contributed by atoms with Gasteiger partial charge in [-0.15, -0.1) is 0 Å². The molecule has 4 nitrogen and oxygen atoms in total. The minimum absolute atomic E-state index is 0.460. The molecule has 0 radical (unpaired) electrons. The molecule has 0 aliphatic heterocycles. The highest BCUT2D eigenvalue weighted by Gasteiger charge is 2.11. The fourth-order valence-corrected chi connectivity index (χ4v) is 1.59. The van der Waals surface area contributed by atoms with E-state index < -0.39 is 16.2 Å². The summed E-state index contributed by atoms with van der Waals surface area (Å²) in [6, 6.07) is 3.44. The molecule has 1 rings (SSSR count). The maximum absolute atomic E-state index is 10.8. The lowest BCUT2D eigenvalue weighted by molar-refractivity contribution is 0.236. The SMILES string of the molecule is C[C@@H](OS(C)(=O)=O)c1ccncc1. The second-order valence-electron chi connectivity index (χ2n) is 2.72. The van der Waals surface area contributed by atoms with Gasteiger partial charge >= 0.3 is 0 Å². The molecule has 5 heteroatoms. The standard InChI is InChI=1S/C8H11NO3S/c1-7(12-13(2,10)11)8-3-5-9-6-4-8/h3-7H,1-2H3/t7-/m1/s1. The molecule has 1 atom stereocenters. The van der Waals surface area contributed by atoms with E-state index >= 15 is 0 Å². The summed E-state index contributed by atoms with van der Waals surface area (Å²) in [5, 5.41) is 0. The molecule has 13 heavy (non-hydrogen) atoms. The van der Waals surface area contributed by atoms with Crippen molar-refractivity contribution in [3.63, 3.8) is 0 Å². The molecule has 0 saturated carbocycles. The number of pyridine rings is 1. The Morgan fingerprint density at radius 1 is 1.38 bits per heavy atom. The molecule has 0 aliphatic carbocycles. The van der Waals surface area contributed by atoms with E-state index in [1.807, 2.05) is 0 Å². The van der Waals surface area contributed by atoms with Gasteiger partial charge in [-0.2, -0.15) is 8.42 Å². The van der Waals surface area contributed by atoms with Gasteiger partial charge in [-0.3, -0.25) is 9.17 Å². The summed E-state index contributed by atoms with van der Waals surface area (Å²) in [4.78, 5) is 3.82. The second-order valence-corrected chi connectivity index (χ2v) is 4.32. The summed E-state index contributed by atoms with van der Waals surface area (Å²) in [5.74, 6) is 0. The van der Waals surface area contributed by atoms with Gasteiger partial charge in [-0.25, -0.2) is 0 Å². The van der Waals surface area contributed by atoms with E-state index in [2.05, 4.69) is 4.98 Å². The first-order valence-corrected chi connectivity index (χ1v) is 5.59. The van der Waals surface area contributed by atoms with Crippen molar-refractivity contribution in [3.05, 3.63) is 30.1 Å². The van der Waals surface area contributed by atoms with E-state index in [0.717, 1.165) is 11.8 Å². The summed E-state index contributed by atoms with van der Waals surface area (Å²) >= 11 is 0. The molecule has 0 aliphatic rings. The summed E-state index contributed by atoms with van der Waals surface area (Å²) in [7, 11) is -3.39. The first kappa shape index (κ1) is 10.1. The van der Waals surface area contributed by atoms with Crippen LogP contribution in [0.1, 0.15) is 18.6 Å². The van der Waals surface area contributed by atoms with Crippen LogP contribution in [0.2, 0.25) is 0 Å². The highest BCUT2D eigenvalue weighted by atomic mass is 32.2. The molecule has 0 amide bonds. The molecule has 0 bridgehead atoms. The van der Waals surface area contributed by atoms with Crippen molar-refractivity contribution < 1.29 is 12.6 Å². The summed E-state index contributed by atoms with van der Waals surface area (Å²) in [6.45, 7) is 1.68. The van der Waals surface area contributed by atoms with Crippen LogP contribution in [0, 0.1) is 0 Å². The summed E-state index contributed by atoms with van der Waals surface area (Å²) < 4.78 is 26.3. The van der Waals surface area contributed by atoms with Gasteiger partial charge in [0.25, 0.3) is 10.1 Å². The summed E-state index contributed by atoms with van der Waals surface area (Å²) in [6.07, 6.45) is 3.76. The van der Waals surface area contributed by atoms with Gasteiger partial charge in [0.05, 0.1) is 12.4 Å². The van der Waals surface area contributed by atoms with Crippen LogP contribution in [-0.4, -0.2) is 19.7 Å². The fraction of sp³-hybridized carbons (Fsp3) is 0.375. The van der Waals surface area contributed by atoms with Gasteiger partial charge in [0, 0.05) is 12.4 Å². The van der Waals surface area contributed by atoms with Crippen molar-refractivity contribution in [1.29, 1.82) is 0 Å². The zero-order chi connectivity index (χ0) is 9.90. The third-order valence-electron chi connectivity index (χ3n) is 1.49. The van der Waals surface area contributed by atoms with Gasteiger partial charge in [0.15, 0.2) is 0 Å². The molecule has 0 spiro atoms. The molecule has 0 aromatic carbocycles. The lowest BCUT2D eigenvalue weighted by Crippen LogP contribution is -2.07. The lowest BCUT2D eigenvalue weighted by atomic mass is 10.2. The summed E-state index contributed by atoms with van der Waals surface area (Å²) in [5.41, 5.74) is 0.792. The van der Waals surface area contributed by atoms with Gasteiger partial charge in [-0.05, 0) is 24.6 Å². The Morgan fingerprint density at radius 2 is 1.92 bits per heavy atom. The average Bonchev–Trinajstić information content (AvgIpc) is 2.03. The number of rotatable bonds is 3. The first-order valence-electron chi connectivity index (χ1n) is 3.77. The maximum atomic E-state index is 10.8. The lowest BCUT2D eigenvalue weighted by Gasteiger charge is -2.10. The van der Waals surface area contributed by atoms with E-state index in [1.165, 1.54) is 0 Å². The van der Waals surface area contributed by atoms with Crippen molar-refractivity contribution in [2.24, 2.45) is 0 Å². The minimum atomic E-state index is -3.39. The highest BCUT2D eigenvalue weighted by Crippen LogP contribution is 2.16. The zero-order valence-corrected chi connectivity index (χ0v) is 8.28. The topological polar surface area (TPSA) is 56.3 Å². The fourth-order valence-electron chi connectivity index (χ4n) is 0.952. The van der Waals surface area contributed by atoms with E-state index in [1.54, 1.807) is 31.5 Å². The van der Waals surface area contributed by atoms with Crippen molar-refractivity contribution in [1.82, 2.24) is 4.98 Å². The molecular weight excluding hydrogens is 190 g/mol. The third kappa shape index (κ3) is 3.52. The van der Waals surface area contributed by atoms with Gasteiger partial charge in [-0.1, -0.05) is 0 Å². The third-order valence-corrected chi connectivity index (χ3v) is 2.13. The Morgan fingerprint density at radius 3 is 2.38 bits per heavy atom. The van der Waals surface area contributed by atoms with E-state index in [9.17, 15) is 8.42 Å². The first-order chi connectivity index (χ1) is 5.99. The smallest absolute Gasteiger partial charge is 0.264 e. The van der Waals surface area contributed by atoms with E-state index in [-0.39, 0.29) is 0 Å². The Kier molecular flexibility index (Phi) is 3.00. The van der Waals surface area contributed by atoms with Crippen LogP contribution < -0.4 is 0 Å². The van der Waals surface area contributed by atoms with Crippen LogP contribution in [0.25, 0.3) is 0 Å². The van der Waals surface area contributed by atoms with Crippen LogP contribution in [0.5, 0.6) is 0 Å². The predicted molar refractivity (Wildman–Crippen MR) is 48.6 cm³/mol. The number of aromatic nitrogens is 1. The molecule has 1 aromatic heterocycles. The Hall–Kier alpha value is -0.940. The van der Waals surface area contributed by atoms with Crippen molar-refractivity contribution in [2.45, 2.75) is 13.0 Å². The van der Waals surface area contributed by atoms with Crippen molar-refractivity contribution in [2.75, 3.05) is 6.26 Å². The highest BCUT2D eigenvalue weighted by molar-refractivity contribution is 7.86. The van der Waals surface area contributed by atoms with Crippen LogP contribution in [-0.2, 0) is 14.3 Å². The number of nitrogens with zero attached hydrogens (tertiary/aromatic N) is 1. The number of hydrogen-bond acceptors (Lipinski definition) is 4. The molecule has 0 fully saturated rings. The van der Waals surface area contributed by atoms with Gasteiger partial charge in [0.1, 0.15) is 0 Å². The monoisotopic (exact) mass is 201 g/mol. The quantitative estimate of drug-likeness (QED) is 0.687. The second kappa shape index (κ2) is 3.85. The number of hydrogen-bond donors (Lipinski definition) is 0. The van der Waals surface area contributed by atoms with Crippen LogP contribution >= 0.6 is 0 Å². The molecule has 0 saturated heterocycles.